The Kier molecular flexibility index (Phi) is 8.90. The summed E-state index contributed by atoms with van der Waals surface area (Å²) in [6.45, 7) is 6.22. The van der Waals surface area contributed by atoms with Crippen molar-refractivity contribution in [1.82, 2.24) is 0 Å². The molecule has 2 aliphatic carbocycles. The lowest BCUT2D eigenvalue weighted by atomic mass is 10.0. The van der Waals surface area contributed by atoms with Gasteiger partial charge in [-0.1, -0.05) is 72.9 Å². The molecule has 1 aromatic carbocycles. The van der Waals surface area contributed by atoms with Crippen LogP contribution in [0.5, 0.6) is 5.75 Å². The van der Waals surface area contributed by atoms with Crippen LogP contribution >= 0.6 is 0 Å². The lowest BCUT2D eigenvalue weighted by Gasteiger charge is -2.08. The number of ketones is 1. The first-order chi connectivity index (χ1) is 15.1. The maximum atomic E-state index is 12.5. The molecule has 0 saturated heterocycles. The number of ether oxygens (including phenoxy) is 1. The fraction of sp³-hybridized carbons (Fsp3) is 0.345. The van der Waals surface area contributed by atoms with E-state index in [1.54, 1.807) is 0 Å². The van der Waals surface area contributed by atoms with Gasteiger partial charge in [0, 0.05) is 11.6 Å². The van der Waals surface area contributed by atoms with Crippen LogP contribution in [0.3, 0.4) is 0 Å². The minimum absolute atomic E-state index is 0.135. The summed E-state index contributed by atoms with van der Waals surface area (Å²) in [6.07, 6.45) is 25.0. The van der Waals surface area contributed by atoms with Gasteiger partial charge in [0.2, 0.25) is 0 Å². The molecule has 162 valence electrons. The van der Waals surface area contributed by atoms with Crippen LogP contribution < -0.4 is 15.2 Å². The quantitative estimate of drug-likeness (QED) is 0.471. The van der Waals surface area contributed by atoms with Gasteiger partial charge in [-0.05, 0) is 74.3 Å². The molecule has 0 N–H and O–H groups in total. The third-order valence-electron chi connectivity index (χ3n) is 5.47. The molecule has 2 aliphatic rings. The second kappa shape index (κ2) is 12.1. The van der Waals surface area contributed by atoms with E-state index in [2.05, 4.69) is 68.2 Å². The van der Waals surface area contributed by atoms with Gasteiger partial charge in [0.15, 0.2) is 5.78 Å². The van der Waals surface area contributed by atoms with E-state index in [4.69, 9.17) is 4.74 Å². The van der Waals surface area contributed by atoms with E-state index in [1.165, 1.54) is 16.7 Å². The van der Waals surface area contributed by atoms with Crippen molar-refractivity contribution in [2.24, 2.45) is 0 Å². The largest absolute Gasteiger partial charge is 0.485 e. The highest BCUT2D eigenvalue weighted by atomic mass is 16.5. The summed E-state index contributed by atoms with van der Waals surface area (Å²) in [6, 6.07) is 6.06. The molecule has 0 unspecified atom stereocenters. The van der Waals surface area contributed by atoms with Gasteiger partial charge in [-0.25, -0.2) is 0 Å². The highest BCUT2D eigenvalue weighted by Crippen LogP contribution is 2.20. The van der Waals surface area contributed by atoms with Crippen LogP contribution in [-0.4, -0.2) is 12.4 Å². The summed E-state index contributed by atoms with van der Waals surface area (Å²) in [5.41, 5.74) is 3.78. The SMILES string of the molecule is C=C(C)CC1=CCC=CC(CCCC(=O)COc2ccc/c3c2=CCCC/C=C\C=3)=C1. The van der Waals surface area contributed by atoms with Crippen molar-refractivity contribution in [3.63, 3.8) is 0 Å². The van der Waals surface area contributed by atoms with Crippen molar-refractivity contribution in [2.75, 3.05) is 6.61 Å². The molecule has 2 heteroatoms. The van der Waals surface area contributed by atoms with E-state index in [9.17, 15) is 4.79 Å². The predicted octanol–water partition coefficient (Wildman–Crippen LogP) is 5.88. The topological polar surface area (TPSA) is 26.3 Å². The van der Waals surface area contributed by atoms with Gasteiger partial charge >= 0.3 is 0 Å². The molecule has 0 fully saturated rings. The smallest absolute Gasteiger partial charge is 0.170 e. The van der Waals surface area contributed by atoms with E-state index in [0.29, 0.717) is 6.42 Å². The van der Waals surface area contributed by atoms with Crippen LogP contribution in [0.15, 0.2) is 78.0 Å². The molecule has 0 saturated carbocycles. The summed E-state index contributed by atoms with van der Waals surface area (Å²) in [4.78, 5) is 12.5. The molecule has 2 nitrogen and oxygen atoms in total. The maximum absolute atomic E-state index is 12.5. The number of fused-ring (bicyclic) bond motifs is 1. The first kappa shape index (κ1) is 22.8. The van der Waals surface area contributed by atoms with Crippen molar-refractivity contribution in [3.05, 3.63) is 88.4 Å². The predicted molar refractivity (Wildman–Crippen MR) is 131 cm³/mol. The van der Waals surface area contributed by atoms with E-state index < -0.39 is 0 Å². The number of benzene rings is 1. The van der Waals surface area contributed by atoms with Crippen LogP contribution in [0.1, 0.15) is 58.3 Å². The van der Waals surface area contributed by atoms with E-state index in [0.717, 1.165) is 61.1 Å². The van der Waals surface area contributed by atoms with Gasteiger partial charge in [0.05, 0.1) is 0 Å². The van der Waals surface area contributed by atoms with Gasteiger partial charge in [-0.3, -0.25) is 4.79 Å². The van der Waals surface area contributed by atoms with Crippen LogP contribution in [0.25, 0.3) is 12.2 Å². The van der Waals surface area contributed by atoms with Crippen molar-refractivity contribution >= 4 is 17.9 Å². The molecule has 0 bridgehead atoms. The third-order valence-corrected chi connectivity index (χ3v) is 5.47. The number of carbonyl (C=O) groups excluding carboxylic acids is 1. The van der Waals surface area contributed by atoms with Gasteiger partial charge in [-0.15, -0.1) is 0 Å². The minimum atomic E-state index is 0.135. The Morgan fingerprint density at radius 3 is 2.90 bits per heavy atom. The number of carbonyl (C=O) groups is 1. The van der Waals surface area contributed by atoms with E-state index in [1.807, 2.05) is 12.1 Å². The van der Waals surface area contributed by atoms with E-state index in [-0.39, 0.29) is 12.4 Å². The second-order valence-corrected chi connectivity index (χ2v) is 8.44. The van der Waals surface area contributed by atoms with Crippen molar-refractivity contribution in [3.8, 4) is 5.75 Å². The number of hydrogen-bond acceptors (Lipinski definition) is 2. The maximum Gasteiger partial charge on any atom is 0.170 e. The van der Waals surface area contributed by atoms with Gasteiger partial charge in [-0.2, -0.15) is 0 Å². The zero-order valence-electron chi connectivity index (χ0n) is 18.7. The van der Waals surface area contributed by atoms with Crippen molar-refractivity contribution in [1.29, 1.82) is 0 Å². The number of Topliss-reactive ketones (excluding diaryl/α,β-unsaturated/α-hetero) is 1. The Balaban J connectivity index is 1.54. The molecule has 0 spiro atoms. The highest BCUT2D eigenvalue weighted by Gasteiger charge is 2.07. The zero-order valence-corrected chi connectivity index (χ0v) is 18.7. The molecular weight excluding hydrogens is 380 g/mol. The molecule has 0 radical (unpaired) electrons. The van der Waals surface area contributed by atoms with E-state index >= 15 is 0 Å². The molecular formula is C29H34O2. The first-order valence-electron chi connectivity index (χ1n) is 11.4. The summed E-state index contributed by atoms with van der Waals surface area (Å²) < 4.78 is 5.95. The Labute approximate surface area is 186 Å². The molecule has 1 aromatic rings. The molecule has 0 atom stereocenters. The van der Waals surface area contributed by atoms with Crippen molar-refractivity contribution in [2.45, 2.75) is 58.3 Å². The van der Waals surface area contributed by atoms with Crippen molar-refractivity contribution < 1.29 is 9.53 Å². The highest BCUT2D eigenvalue weighted by molar-refractivity contribution is 5.80. The summed E-state index contributed by atoms with van der Waals surface area (Å²) >= 11 is 0. The normalized spacial score (nSPS) is 17.8. The zero-order chi connectivity index (χ0) is 21.9. The Bertz CT molecular complexity index is 1030. The third kappa shape index (κ3) is 7.71. The standard InChI is InChI=1S/C29H34O2/c1-23(2)20-25-13-9-8-12-24(21-25)14-10-17-27(30)22-31-29-19-11-16-26-15-6-4-3-5-7-18-28(26)29/h4,6,8,11-13,15-16,18-19,21H,1,3,5,7,9-10,14,17,20,22H2,2H3/b6-4-,26-15-,28-18?. The second-order valence-electron chi connectivity index (χ2n) is 8.44. The van der Waals surface area contributed by atoms with Gasteiger partial charge in [0.1, 0.15) is 12.4 Å². The number of hydrogen-bond donors (Lipinski definition) is 0. The molecule has 0 aliphatic heterocycles. The summed E-state index contributed by atoms with van der Waals surface area (Å²) in [7, 11) is 0. The van der Waals surface area contributed by atoms with Crippen LogP contribution in [0, 0.1) is 0 Å². The first-order valence-corrected chi connectivity index (χ1v) is 11.4. The lowest BCUT2D eigenvalue weighted by Crippen LogP contribution is -2.27. The average molecular weight is 415 g/mol. The number of rotatable bonds is 9. The monoisotopic (exact) mass is 414 g/mol. The minimum Gasteiger partial charge on any atom is -0.485 e. The Hall–Kier alpha value is -2.87. The fourth-order valence-corrected chi connectivity index (χ4v) is 3.93. The van der Waals surface area contributed by atoms with Gasteiger partial charge < -0.3 is 4.74 Å². The molecule has 31 heavy (non-hydrogen) atoms. The molecule has 3 rings (SSSR count). The number of allylic oxidation sites excluding steroid dienone is 9. The van der Waals surface area contributed by atoms with Gasteiger partial charge in [0.25, 0.3) is 0 Å². The average Bonchev–Trinajstić information content (AvgIpc) is 2.88. The Morgan fingerprint density at radius 2 is 2.03 bits per heavy atom. The molecule has 0 amide bonds. The Morgan fingerprint density at radius 1 is 1.13 bits per heavy atom. The summed E-state index contributed by atoms with van der Waals surface area (Å²) in [5, 5.41) is 2.25. The molecule has 0 aromatic heterocycles. The molecule has 0 heterocycles. The lowest BCUT2D eigenvalue weighted by molar-refractivity contribution is -0.121. The summed E-state index contributed by atoms with van der Waals surface area (Å²) in [5.74, 6) is 0.960. The van der Waals surface area contributed by atoms with Crippen LogP contribution in [-0.2, 0) is 4.79 Å². The van der Waals surface area contributed by atoms with Crippen LogP contribution in [0.4, 0.5) is 0 Å². The fourth-order valence-electron chi connectivity index (χ4n) is 3.93. The van der Waals surface area contributed by atoms with Crippen LogP contribution in [0.2, 0.25) is 0 Å².